The molecule has 0 saturated carbocycles. The number of ether oxygens (including phenoxy) is 1. The number of quaternary nitrogens is 1. The first-order valence-electron chi connectivity index (χ1n) is 5.71. The fraction of sp³-hybridized carbons (Fsp3) is 0.214. The van der Waals surface area contributed by atoms with Crippen molar-refractivity contribution >= 4 is 17.2 Å². The molecule has 1 atom stereocenters. The third-order valence-electron chi connectivity index (χ3n) is 2.88. The maximum absolute atomic E-state index is 11.5. The van der Waals surface area contributed by atoms with Crippen LogP contribution in [0, 0.1) is 12.1 Å². The standard InChI is InChI=1S/C14H15NO2S/c1-10-5-6-13(17-2)12(8-10)9-11-4-3-7-15(16)14(11)18/h3-8,15H,9H2,1-2H3. The molecular formula is C14H15NO2S. The van der Waals surface area contributed by atoms with Gasteiger partial charge in [0.2, 0.25) is 4.99 Å². The summed E-state index contributed by atoms with van der Waals surface area (Å²) in [5.74, 6) is 0.825. The number of hydrogen-bond acceptors (Lipinski definition) is 3. The van der Waals surface area contributed by atoms with Gasteiger partial charge in [0.1, 0.15) is 5.75 Å². The van der Waals surface area contributed by atoms with Gasteiger partial charge in [-0.05, 0) is 42.9 Å². The van der Waals surface area contributed by atoms with Crippen LogP contribution in [-0.4, -0.2) is 12.1 Å². The number of methoxy groups -OCH3 is 1. The van der Waals surface area contributed by atoms with E-state index < -0.39 is 0 Å². The second-order valence-corrected chi connectivity index (χ2v) is 4.64. The van der Waals surface area contributed by atoms with Gasteiger partial charge in [-0.15, -0.1) is 0 Å². The summed E-state index contributed by atoms with van der Waals surface area (Å²) < 4.78 is 5.33. The van der Waals surface area contributed by atoms with Crippen molar-refractivity contribution in [3.05, 3.63) is 58.5 Å². The molecule has 0 radical (unpaired) electrons. The Kier molecular flexibility index (Phi) is 3.91. The van der Waals surface area contributed by atoms with E-state index in [0.29, 0.717) is 11.4 Å². The van der Waals surface area contributed by atoms with Gasteiger partial charge in [-0.25, -0.2) is 0 Å². The summed E-state index contributed by atoms with van der Waals surface area (Å²) in [4.78, 5) is 0.404. The zero-order valence-corrected chi connectivity index (χ0v) is 11.2. The van der Waals surface area contributed by atoms with Crippen LogP contribution in [0.3, 0.4) is 0 Å². The Labute approximate surface area is 112 Å². The first-order valence-corrected chi connectivity index (χ1v) is 6.12. The van der Waals surface area contributed by atoms with Crippen molar-refractivity contribution in [3.8, 4) is 5.75 Å². The molecule has 2 rings (SSSR count). The molecule has 1 aromatic carbocycles. The van der Waals surface area contributed by atoms with Crippen LogP contribution in [-0.2, 0) is 6.42 Å². The molecule has 0 saturated heterocycles. The van der Waals surface area contributed by atoms with Gasteiger partial charge in [0.15, 0.2) is 0 Å². The van der Waals surface area contributed by atoms with Gasteiger partial charge in [-0.2, -0.15) is 0 Å². The molecule has 0 aromatic heterocycles. The predicted octanol–water partition coefficient (Wildman–Crippen LogP) is 1.71. The zero-order chi connectivity index (χ0) is 13.1. The molecule has 94 valence electrons. The molecule has 3 nitrogen and oxygen atoms in total. The van der Waals surface area contributed by atoms with E-state index in [1.807, 2.05) is 25.1 Å². The highest BCUT2D eigenvalue weighted by Crippen LogP contribution is 2.23. The fourth-order valence-corrected chi connectivity index (χ4v) is 2.16. The highest BCUT2D eigenvalue weighted by molar-refractivity contribution is 7.80. The number of hydrogen-bond donors (Lipinski definition) is 1. The van der Waals surface area contributed by atoms with Crippen LogP contribution >= 0.6 is 12.2 Å². The Hall–Kier alpha value is -1.49. The molecular weight excluding hydrogens is 246 g/mol. The third kappa shape index (κ3) is 2.67. The van der Waals surface area contributed by atoms with E-state index in [9.17, 15) is 5.21 Å². The smallest absolute Gasteiger partial charge is 0.204 e. The predicted molar refractivity (Wildman–Crippen MR) is 75.6 cm³/mol. The summed E-state index contributed by atoms with van der Waals surface area (Å²) in [6.45, 7) is 2.03. The summed E-state index contributed by atoms with van der Waals surface area (Å²) in [6.07, 6.45) is 5.76. The topological polar surface area (TPSA) is 36.7 Å². The van der Waals surface area contributed by atoms with Gasteiger partial charge in [-0.1, -0.05) is 17.7 Å². The van der Waals surface area contributed by atoms with Gasteiger partial charge in [-0.3, -0.25) is 0 Å². The van der Waals surface area contributed by atoms with Gasteiger partial charge < -0.3 is 15.0 Å². The highest BCUT2D eigenvalue weighted by Gasteiger charge is 2.16. The summed E-state index contributed by atoms with van der Waals surface area (Å²) in [5.41, 5.74) is 3.09. The van der Waals surface area contributed by atoms with Gasteiger partial charge >= 0.3 is 0 Å². The monoisotopic (exact) mass is 261 g/mol. The number of thiocarbonyl (C=S) groups is 1. The fourth-order valence-electron chi connectivity index (χ4n) is 1.95. The average Bonchev–Trinajstić information content (AvgIpc) is 2.35. The minimum atomic E-state index is -0.0888. The first kappa shape index (κ1) is 13.0. The minimum absolute atomic E-state index is 0.0888. The Morgan fingerprint density at radius 2 is 2.17 bits per heavy atom. The van der Waals surface area contributed by atoms with E-state index in [1.54, 1.807) is 13.2 Å². The van der Waals surface area contributed by atoms with E-state index in [0.717, 1.165) is 22.4 Å². The number of nitrogens with one attached hydrogen (secondary N) is 1. The second-order valence-electron chi connectivity index (χ2n) is 4.24. The number of hydroxylamine groups is 2. The van der Waals surface area contributed by atoms with E-state index in [4.69, 9.17) is 17.0 Å². The van der Waals surface area contributed by atoms with Crippen molar-refractivity contribution < 1.29 is 9.80 Å². The van der Waals surface area contributed by atoms with Crippen LogP contribution in [0.2, 0.25) is 0 Å². The molecule has 1 unspecified atom stereocenters. The van der Waals surface area contributed by atoms with Crippen LogP contribution in [0.5, 0.6) is 5.75 Å². The summed E-state index contributed by atoms with van der Waals surface area (Å²) in [5, 5.41) is 11.4. The maximum atomic E-state index is 11.5. The number of rotatable bonds is 3. The van der Waals surface area contributed by atoms with Crippen LogP contribution in [0.4, 0.5) is 0 Å². The van der Waals surface area contributed by atoms with Crippen LogP contribution in [0.15, 0.2) is 42.1 Å². The van der Waals surface area contributed by atoms with E-state index in [2.05, 4.69) is 6.07 Å². The maximum Gasteiger partial charge on any atom is 0.204 e. The van der Waals surface area contributed by atoms with E-state index in [-0.39, 0.29) is 5.06 Å². The lowest BCUT2D eigenvalue weighted by Crippen LogP contribution is -3.05. The van der Waals surface area contributed by atoms with Crippen molar-refractivity contribution in [2.45, 2.75) is 13.3 Å². The molecule has 1 aliphatic heterocycles. The molecule has 1 aliphatic rings. The normalized spacial score (nSPS) is 18.7. The highest BCUT2D eigenvalue weighted by atomic mass is 32.1. The number of allylic oxidation sites excluding steroid dienone is 2. The summed E-state index contributed by atoms with van der Waals surface area (Å²) in [7, 11) is 1.65. The Morgan fingerprint density at radius 1 is 1.39 bits per heavy atom. The summed E-state index contributed by atoms with van der Waals surface area (Å²) >= 11 is 5.15. The van der Waals surface area contributed by atoms with E-state index >= 15 is 0 Å². The Balaban J connectivity index is 2.29. The first-order chi connectivity index (χ1) is 8.61. The molecule has 4 heteroatoms. The minimum Gasteiger partial charge on any atom is -0.623 e. The average molecular weight is 261 g/mol. The van der Waals surface area contributed by atoms with Crippen molar-refractivity contribution in [3.63, 3.8) is 0 Å². The SMILES string of the molecule is COc1ccc(C)cc1CC1=CC=C[NH+]([O-])C1=S. The summed E-state index contributed by atoms with van der Waals surface area (Å²) in [6, 6.07) is 6.00. The van der Waals surface area contributed by atoms with Crippen LogP contribution in [0.1, 0.15) is 11.1 Å². The molecule has 1 aromatic rings. The van der Waals surface area contributed by atoms with Gasteiger partial charge in [0.25, 0.3) is 0 Å². The molecule has 18 heavy (non-hydrogen) atoms. The number of benzene rings is 1. The number of aryl methyl sites for hydroxylation is 1. The Bertz CT molecular complexity index is 535. The van der Waals surface area contributed by atoms with Crippen molar-refractivity contribution in [1.29, 1.82) is 0 Å². The van der Waals surface area contributed by atoms with Crippen molar-refractivity contribution in [1.82, 2.24) is 0 Å². The molecule has 1 N–H and O–H groups in total. The van der Waals surface area contributed by atoms with Gasteiger partial charge in [0, 0.05) is 12.0 Å². The van der Waals surface area contributed by atoms with Crippen LogP contribution in [0.25, 0.3) is 0 Å². The Morgan fingerprint density at radius 3 is 2.89 bits per heavy atom. The second kappa shape index (κ2) is 5.44. The van der Waals surface area contributed by atoms with E-state index in [1.165, 1.54) is 6.20 Å². The molecule has 0 amide bonds. The lowest BCUT2D eigenvalue weighted by Gasteiger charge is -2.22. The van der Waals surface area contributed by atoms with Crippen molar-refractivity contribution in [2.24, 2.45) is 0 Å². The molecule has 0 fully saturated rings. The quantitative estimate of drug-likeness (QED) is 0.665. The zero-order valence-electron chi connectivity index (χ0n) is 10.4. The molecule has 0 aliphatic carbocycles. The van der Waals surface area contributed by atoms with Crippen molar-refractivity contribution in [2.75, 3.05) is 7.11 Å². The lowest BCUT2D eigenvalue weighted by atomic mass is 10.0. The lowest BCUT2D eigenvalue weighted by molar-refractivity contribution is -0.680. The van der Waals surface area contributed by atoms with Gasteiger partial charge in [0.05, 0.1) is 13.3 Å². The molecule has 1 heterocycles. The molecule has 0 bridgehead atoms. The molecule has 0 spiro atoms. The van der Waals surface area contributed by atoms with Crippen LogP contribution < -0.4 is 9.80 Å². The largest absolute Gasteiger partial charge is 0.623 e. The third-order valence-corrected chi connectivity index (χ3v) is 3.34.